The molecule has 192 valence electrons. The van der Waals surface area contributed by atoms with E-state index < -0.39 is 27.7 Å². The maximum absolute atomic E-state index is 13.3. The average Bonchev–Trinajstić information content (AvgIpc) is 3.04. The molecule has 3 aromatic rings. The molecule has 0 bridgehead atoms. The first-order chi connectivity index (χ1) is 17.5. The molecule has 1 aliphatic heterocycles. The molecule has 0 atom stereocenters. The topological polar surface area (TPSA) is 95.6 Å². The van der Waals surface area contributed by atoms with Crippen molar-refractivity contribution in [2.24, 2.45) is 5.92 Å². The summed E-state index contributed by atoms with van der Waals surface area (Å²) in [5, 5.41) is 3.08. The number of rotatable bonds is 9. The fourth-order valence-electron chi connectivity index (χ4n) is 3.54. The molecule has 1 heterocycles. The van der Waals surface area contributed by atoms with Gasteiger partial charge in [0.1, 0.15) is 16.4 Å². The van der Waals surface area contributed by atoms with Crippen molar-refractivity contribution in [1.82, 2.24) is 4.90 Å². The van der Waals surface area contributed by atoms with Crippen molar-refractivity contribution in [1.29, 1.82) is 0 Å². The molecule has 11 heteroatoms. The minimum absolute atomic E-state index is 0.0791. The minimum Gasteiger partial charge on any atom is -0.350 e. The van der Waals surface area contributed by atoms with E-state index in [-0.39, 0.29) is 33.6 Å². The Balaban J connectivity index is 1.63. The van der Waals surface area contributed by atoms with Gasteiger partial charge in [0.25, 0.3) is 21.8 Å². The van der Waals surface area contributed by atoms with Crippen LogP contribution in [0.25, 0.3) is 0 Å². The smallest absolute Gasteiger partial charge is 0.278 e. The Morgan fingerprint density at radius 3 is 2.27 bits per heavy atom. The van der Waals surface area contributed by atoms with Crippen LogP contribution in [0.1, 0.15) is 13.8 Å². The number of sulfonamides is 1. The van der Waals surface area contributed by atoms with Gasteiger partial charge in [-0.25, -0.2) is 12.8 Å². The molecule has 0 saturated heterocycles. The molecule has 2 N–H and O–H groups in total. The Morgan fingerprint density at radius 1 is 0.946 bits per heavy atom. The van der Waals surface area contributed by atoms with E-state index >= 15 is 0 Å². The van der Waals surface area contributed by atoms with Crippen LogP contribution in [0.15, 0.2) is 97.7 Å². The highest BCUT2D eigenvalue weighted by atomic mass is 79.9. The predicted octanol–water partition coefficient (Wildman–Crippen LogP) is 5.83. The zero-order chi connectivity index (χ0) is 26.7. The highest BCUT2D eigenvalue weighted by Gasteiger charge is 2.39. The molecule has 0 unspecified atom stereocenters. The molecule has 37 heavy (non-hydrogen) atoms. The SMILES string of the molecule is CC(C)CN1C(=O)C(Nc2ccc(Br)cc2)=C(Sc2cccc(NS(=O)(=O)c3ccc(F)cc3)c2)C1=O. The summed E-state index contributed by atoms with van der Waals surface area (Å²) in [4.78, 5) is 28.4. The molecule has 0 saturated carbocycles. The van der Waals surface area contributed by atoms with Gasteiger partial charge in [0.2, 0.25) is 0 Å². The van der Waals surface area contributed by atoms with Crippen molar-refractivity contribution in [2.45, 2.75) is 23.6 Å². The fraction of sp³-hybridized carbons (Fsp3) is 0.154. The van der Waals surface area contributed by atoms with E-state index in [0.29, 0.717) is 10.6 Å². The molecule has 0 aromatic heterocycles. The summed E-state index contributed by atoms with van der Waals surface area (Å²) in [5.74, 6) is -1.30. The van der Waals surface area contributed by atoms with Gasteiger partial charge in [-0.1, -0.05) is 47.6 Å². The van der Waals surface area contributed by atoms with Crippen LogP contribution in [-0.4, -0.2) is 31.7 Å². The molecule has 4 rings (SSSR count). The van der Waals surface area contributed by atoms with Gasteiger partial charge in [0, 0.05) is 27.3 Å². The summed E-state index contributed by atoms with van der Waals surface area (Å²) in [7, 11) is -3.95. The molecule has 1 aliphatic rings. The van der Waals surface area contributed by atoms with Crippen molar-refractivity contribution >= 4 is 60.9 Å². The highest BCUT2D eigenvalue weighted by Crippen LogP contribution is 2.37. The zero-order valence-corrected chi connectivity index (χ0v) is 23.1. The third-order valence-corrected chi connectivity index (χ3v) is 8.22. The number of thioether (sulfide) groups is 1. The standard InChI is InChI=1S/C26H23BrFN3O4S2/c1-16(2)15-31-25(32)23(29-19-10-6-17(27)7-11-19)24(26(31)33)36-21-5-3-4-20(14-21)30-37(34,35)22-12-8-18(28)9-13-22/h3-14,16,29-30H,15H2,1-2H3. The van der Waals surface area contributed by atoms with Crippen LogP contribution >= 0.6 is 27.7 Å². The summed E-state index contributed by atoms with van der Waals surface area (Å²) in [6.07, 6.45) is 0. The zero-order valence-electron chi connectivity index (χ0n) is 19.9. The van der Waals surface area contributed by atoms with Gasteiger partial charge in [-0.05, 0) is 72.6 Å². The van der Waals surface area contributed by atoms with E-state index in [1.165, 1.54) is 17.0 Å². The van der Waals surface area contributed by atoms with Gasteiger partial charge in [-0.15, -0.1) is 0 Å². The van der Waals surface area contributed by atoms with E-state index in [1.807, 2.05) is 26.0 Å². The summed E-state index contributed by atoms with van der Waals surface area (Å²) in [6.45, 7) is 4.11. The van der Waals surface area contributed by atoms with Crippen molar-refractivity contribution in [3.05, 3.63) is 93.7 Å². The first-order valence-corrected chi connectivity index (χ1v) is 14.3. The Labute approximate surface area is 227 Å². The number of hydrogen-bond acceptors (Lipinski definition) is 6. The number of carbonyl (C=O) groups is 2. The van der Waals surface area contributed by atoms with Crippen LogP contribution in [-0.2, 0) is 19.6 Å². The number of nitrogens with zero attached hydrogens (tertiary/aromatic N) is 1. The average molecular weight is 605 g/mol. The second kappa shape index (κ2) is 11.1. The van der Waals surface area contributed by atoms with Crippen LogP contribution in [0.2, 0.25) is 0 Å². The van der Waals surface area contributed by atoms with Crippen molar-refractivity contribution < 1.29 is 22.4 Å². The van der Waals surface area contributed by atoms with Gasteiger partial charge < -0.3 is 5.32 Å². The largest absolute Gasteiger partial charge is 0.350 e. The maximum atomic E-state index is 13.3. The molecular weight excluding hydrogens is 581 g/mol. The molecule has 2 amide bonds. The van der Waals surface area contributed by atoms with Gasteiger partial charge in [0.05, 0.1) is 4.90 Å². The van der Waals surface area contributed by atoms with Crippen LogP contribution in [0, 0.1) is 11.7 Å². The number of carbonyl (C=O) groups excluding carboxylic acids is 2. The van der Waals surface area contributed by atoms with Gasteiger partial charge in [-0.2, -0.15) is 0 Å². The van der Waals surface area contributed by atoms with Gasteiger partial charge >= 0.3 is 0 Å². The Morgan fingerprint density at radius 2 is 1.62 bits per heavy atom. The summed E-state index contributed by atoms with van der Waals surface area (Å²) >= 11 is 4.45. The first kappa shape index (κ1) is 26.9. The summed E-state index contributed by atoms with van der Waals surface area (Å²) in [5.41, 5.74) is 1.06. The van der Waals surface area contributed by atoms with Gasteiger partial charge in [0.15, 0.2) is 0 Å². The number of halogens is 2. The van der Waals surface area contributed by atoms with Crippen LogP contribution < -0.4 is 10.0 Å². The third kappa shape index (κ3) is 6.41. The summed E-state index contributed by atoms with van der Waals surface area (Å²) in [6, 6.07) is 18.2. The highest BCUT2D eigenvalue weighted by molar-refractivity contribution is 9.10. The maximum Gasteiger partial charge on any atom is 0.278 e. The van der Waals surface area contributed by atoms with Crippen LogP contribution in [0.4, 0.5) is 15.8 Å². The predicted molar refractivity (Wildman–Crippen MR) is 146 cm³/mol. The first-order valence-electron chi connectivity index (χ1n) is 11.2. The quantitative estimate of drug-likeness (QED) is 0.299. The van der Waals surface area contributed by atoms with E-state index in [9.17, 15) is 22.4 Å². The fourth-order valence-corrected chi connectivity index (χ4v) is 5.86. The Kier molecular flexibility index (Phi) is 8.05. The van der Waals surface area contributed by atoms with Gasteiger partial charge in [-0.3, -0.25) is 19.2 Å². The summed E-state index contributed by atoms with van der Waals surface area (Å²) < 4.78 is 42.0. The lowest BCUT2D eigenvalue weighted by Gasteiger charge is -2.17. The lowest BCUT2D eigenvalue weighted by Crippen LogP contribution is -2.35. The van der Waals surface area contributed by atoms with Crippen molar-refractivity contribution in [3.63, 3.8) is 0 Å². The normalized spacial score (nSPS) is 14.0. The molecular formula is C26H23BrFN3O4S2. The number of amides is 2. The van der Waals surface area contributed by atoms with E-state index in [4.69, 9.17) is 0 Å². The lowest BCUT2D eigenvalue weighted by molar-refractivity contribution is -0.137. The van der Waals surface area contributed by atoms with E-state index in [1.54, 1.807) is 36.4 Å². The van der Waals surface area contributed by atoms with Crippen molar-refractivity contribution in [2.75, 3.05) is 16.6 Å². The molecule has 0 radical (unpaired) electrons. The minimum atomic E-state index is -3.95. The number of imide groups is 1. The molecule has 7 nitrogen and oxygen atoms in total. The third-order valence-electron chi connectivity index (χ3n) is 5.22. The second-order valence-corrected chi connectivity index (χ2v) is 12.3. The number of benzene rings is 3. The molecule has 0 spiro atoms. The number of hydrogen-bond donors (Lipinski definition) is 2. The van der Waals surface area contributed by atoms with E-state index in [0.717, 1.165) is 28.4 Å². The number of nitrogens with one attached hydrogen (secondary N) is 2. The molecule has 0 fully saturated rings. The van der Waals surface area contributed by atoms with Crippen LogP contribution in [0.3, 0.4) is 0 Å². The van der Waals surface area contributed by atoms with E-state index in [2.05, 4.69) is 26.0 Å². The Bertz CT molecular complexity index is 1470. The second-order valence-electron chi connectivity index (χ2n) is 8.64. The lowest BCUT2D eigenvalue weighted by atomic mass is 10.2. The number of anilines is 2. The van der Waals surface area contributed by atoms with Crippen LogP contribution in [0.5, 0.6) is 0 Å². The monoisotopic (exact) mass is 603 g/mol. The molecule has 3 aromatic carbocycles. The van der Waals surface area contributed by atoms with Crippen molar-refractivity contribution in [3.8, 4) is 0 Å². The molecule has 0 aliphatic carbocycles. The Hall–Kier alpha value is -3.15.